The van der Waals surface area contributed by atoms with Crippen LogP contribution in [0.1, 0.15) is 40.0 Å². The lowest BCUT2D eigenvalue weighted by atomic mass is 10.2. The normalized spacial score (nSPS) is 16.4. The van der Waals surface area contributed by atoms with E-state index in [-0.39, 0.29) is 12.2 Å². The summed E-state index contributed by atoms with van der Waals surface area (Å²) in [6.45, 7) is 6.76. The lowest BCUT2D eigenvalue weighted by Crippen LogP contribution is -2.15. The van der Waals surface area contributed by atoms with E-state index in [4.69, 9.17) is 9.84 Å². The van der Waals surface area contributed by atoms with Crippen molar-refractivity contribution in [1.29, 1.82) is 0 Å². The molecule has 0 heterocycles. The molecule has 0 aromatic heterocycles. The van der Waals surface area contributed by atoms with E-state index >= 15 is 0 Å². The maximum atomic E-state index is 9.00. The molecule has 0 aliphatic carbocycles. The van der Waals surface area contributed by atoms with Gasteiger partial charge < -0.3 is 9.84 Å². The first-order valence-electron chi connectivity index (χ1n) is 4.46. The van der Waals surface area contributed by atoms with Gasteiger partial charge in [0.05, 0.1) is 12.2 Å². The van der Waals surface area contributed by atoms with Gasteiger partial charge in [-0.1, -0.05) is 13.3 Å². The van der Waals surface area contributed by atoms with Gasteiger partial charge in [0.15, 0.2) is 0 Å². The van der Waals surface area contributed by atoms with Gasteiger partial charge in [-0.25, -0.2) is 0 Å². The zero-order valence-electron chi connectivity index (χ0n) is 7.84. The predicted octanol–water partition coefficient (Wildman–Crippen LogP) is 1.96. The minimum atomic E-state index is -0.244. The highest BCUT2D eigenvalue weighted by Crippen LogP contribution is 2.02. The maximum Gasteiger partial charge on any atom is 0.0571 e. The van der Waals surface area contributed by atoms with E-state index in [0.717, 1.165) is 19.4 Å². The Bertz CT molecular complexity index is 81.6. The molecule has 0 rings (SSSR count). The fourth-order valence-corrected chi connectivity index (χ4v) is 0.977. The van der Waals surface area contributed by atoms with Crippen molar-refractivity contribution in [2.75, 3.05) is 6.61 Å². The number of hydrogen-bond acceptors (Lipinski definition) is 2. The largest absolute Gasteiger partial charge is 0.393 e. The summed E-state index contributed by atoms with van der Waals surface area (Å²) < 4.78 is 5.43. The molecule has 0 radical (unpaired) electrons. The third-order valence-corrected chi connectivity index (χ3v) is 1.57. The van der Waals surface area contributed by atoms with Crippen molar-refractivity contribution < 1.29 is 9.84 Å². The van der Waals surface area contributed by atoms with Gasteiger partial charge in [-0.2, -0.15) is 0 Å². The molecule has 0 saturated carbocycles. The Morgan fingerprint density at radius 3 is 2.45 bits per heavy atom. The van der Waals surface area contributed by atoms with Crippen molar-refractivity contribution in [3.63, 3.8) is 0 Å². The summed E-state index contributed by atoms with van der Waals surface area (Å²) in [7, 11) is 0. The quantitative estimate of drug-likeness (QED) is 0.602. The van der Waals surface area contributed by atoms with Crippen molar-refractivity contribution >= 4 is 0 Å². The van der Waals surface area contributed by atoms with E-state index in [1.54, 1.807) is 6.92 Å². The van der Waals surface area contributed by atoms with Gasteiger partial charge in [-0.15, -0.1) is 0 Å². The number of ether oxygens (including phenoxy) is 1. The molecule has 2 atom stereocenters. The van der Waals surface area contributed by atoms with E-state index in [1.165, 1.54) is 6.42 Å². The first kappa shape index (κ1) is 10.9. The smallest absolute Gasteiger partial charge is 0.0571 e. The first-order chi connectivity index (χ1) is 5.16. The summed E-state index contributed by atoms with van der Waals surface area (Å²) in [6.07, 6.45) is 2.98. The molecule has 0 aliphatic rings. The highest BCUT2D eigenvalue weighted by Gasteiger charge is 2.04. The second-order valence-corrected chi connectivity index (χ2v) is 3.12. The molecular weight excluding hydrogens is 140 g/mol. The number of aliphatic hydroxyl groups is 1. The molecule has 0 amide bonds. The molecule has 0 bridgehead atoms. The highest BCUT2D eigenvalue weighted by molar-refractivity contribution is 4.55. The summed E-state index contributed by atoms with van der Waals surface area (Å²) in [5.74, 6) is 0. The summed E-state index contributed by atoms with van der Waals surface area (Å²) in [6, 6.07) is 0. The van der Waals surface area contributed by atoms with Crippen LogP contribution in [0, 0.1) is 0 Å². The fraction of sp³-hybridized carbons (Fsp3) is 1.00. The molecule has 0 aromatic rings. The van der Waals surface area contributed by atoms with Crippen molar-refractivity contribution in [2.45, 2.75) is 52.2 Å². The lowest BCUT2D eigenvalue weighted by molar-refractivity contribution is 0.0279. The lowest BCUT2D eigenvalue weighted by Gasteiger charge is -2.13. The van der Waals surface area contributed by atoms with Crippen LogP contribution < -0.4 is 0 Å². The predicted molar refractivity (Wildman–Crippen MR) is 46.6 cm³/mol. The molecule has 0 fully saturated rings. The van der Waals surface area contributed by atoms with Crippen LogP contribution in [0.5, 0.6) is 0 Å². The topological polar surface area (TPSA) is 29.5 Å². The van der Waals surface area contributed by atoms with Gasteiger partial charge in [-0.05, 0) is 26.7 Å². The maximum absolute atomic E-state index is 9.00. The number of hydrogen-bond donors (Lipinski definition) is 1. The molecule has 0 saturated heterocycles. The molecule has 2 nitrogen and oxygen atoms in total. The van der Waals surface area contributed by atoms with Crippen LogP contribution >= 0.6 is 0 Å². The summed E-state index contributed by atoms with van der Waals surface area (Å²) in [5, 5.41) is 9.00. The van der Waals surface area contributed by atoms with Crippen LogP contribution in [0.3, 0.4) is 0 Å². The minimum Gasteiger partial charge on any atom is -0.393 e. The van der Waals surface area contributed by atoms with Crippen LogP contribution in [0.4, 0.5) is 0 Å². The number of rotatable bonds is 6. The van der Waals surface area contributed by atoms with Crippen LogP contribution in [0.2, 0.25) is 0 Å². The average Bonchev–Trinajstić information content (AvgIpc) is 1.86. The average molecular weight is 160 g/mol. The van der Waals surface area contributed by atoms with Gasteiger partial charge in [0.1, 0.15) is 0 Å². The Hall–Kier alpha value is -0.0800. The second kappa shape index (κ2) is 6.62. The van der Waals surface area contributed by atoms with E-state index in [9.17, 15) is 0 Å². The SMILES string of the molecule is CCCCO[C@H](C)CC(C)O. The zero-order chi connectivity index (χ0) is 8.69. The summed E-state index contributed by atoms with van der Waals surface area (Å²) in [4.78, 5) is 0. The first-order valence-corrected chi connectivity index (χ1v) is 4.46. The molecule has 68 valence electrons. The van der Waals surface area contributed by atoms with E-state index in [1.807, 2.05) is 6.92 Å². The monoisotopic (exact) mass is 160 g/mol. The van der Waals surface area contributed by atoms with Crippen molar-refractivity contribution in [3.05, 3.63) is 0 Å². The minimum absolute atomic E-state index is 0.196. The van der Waals surface area contributed by atoms with E-state index < -0.39 is 0 Å². The van der Waals surface area contributed by atoms with Gasteiger partial charge >= 0.3 is 0 Å². The van der Waals surface area contributed by atoms with Crippen molar-refractivity contribution in [1.82, 2.24) is 0 Å². The van der Waals surface area contributed by atoms with Crippen LogP contribution in [-0.4, -0.2) is 23.9 Å². The third-order valence-electron chi connectivity index (χ3n) is 1.57. The van der Waals surface area contributed by atoms with Crippen molar-refractivity contribution in [2.24, 2.45) is 0 Å². The van der Waals surface area contributed by atoms with Crippen LogP contribution in [0.15, 0.2) is 0 Å². The standard InChI is InChI=1S/C9H20O2/c1-4-5-6-11-9(3)7-8(2)10/h8-10H,4-7H2,1-3H3/t8?,9-/m1/s1. The molecule has 1 unspecified atom stereocenters. The van der Waals surface area contributed by atoms with Crippen molar-refractivity contribution in [3.8, 4) is 0 Å². The molecular formula is C9H20O2. The Labute approximate surface area is 69.6 Å². The zero-order valence-corrected chi connectivity index (χ0v) is 7.84. The second-order valence-electron chi connectivity index (χ2n) is 3.12. The van der Waals surface area contributed by atoms with Gasteiger partial charge in [-0.3, -0.25) is 0 Å². The Kier molecular flexibility index (Phi) is 6.57. The van der Waals surface area contributed by atoms with Gasteiger partial charge in [0.2, 0.25) is 0 Å². The molecule has 0 aliphatic heterocycles. The van der Waals surface area contributed by atoms with E-state index in [2.05, 4.69) is 6.92 Å². The molecule has 2 heteroatoms. The Morgan fingerprint density at radius 1 is 1.36 bits per heavy atom. The fourth-order valence-electron chi connectivity index (χ4n) is 0.977. The van der Waals surface area contributed by atoms with E-state index in [0.29, 0.717) is 0 Å². The van der Waals surface area contributed by atoms with Crippen LogP contribution in [0.25, 0.3) is 0 Å². The molecule has 0 spiro atoms. The molecule has 11 heavy (non-hydrogen) atoms. The van der Waals surface area contributed by atoms with Gasteiger partial charge in [0.25, 0.3) is 0 Å². The summed E-state index contributed by atoms with van der Waals surface area (Å²) in [5.41, 5.74) is 0. The Balaban J connectivity index is 3.15. The Morgan fingerprint density at radius 2 is 2.00 bits per heavy atom. The molecule has 1 N–H and O–H groups in total. The summed E-state index contributed by atoms with van der Waals surface area (Å²) >= 11 is 0. The van der Waals surface area contributed by atoms with Gasteiger partial charge in [0, 0.05) is 6.61 Å². The van der Waals surface area contributed by atoms with Crippen LogP contribution in [-0.2, 0) is 4.74 Å². The third kappa shape index (κ3) is 7.82. The number of aliphatic hydroxyl groups excluding tert-OH is 1. The molecule has 0 aromatic carbocycles. The number of unbranched alkanes of at least 4 members (excludes halogenated alkanes) is 1. The highest BCUT2D eigenvalue weighted by atomic mass is 16.5.